The third kappa shape index (κ3) is 7.20. The van der Waals surface area contributed by atoms with Gasteiger partial charge in [-0.05, 0) is 19.3 Å². The average Bonchev–Trinajstić information content (AvgIpc) is 2.35. The first kappa shape index (κ1) is 15.2. The fraction of sp³-hybridized carbons (Fsp3) is 1.00. The fourth-order valence-corrected chi connectivity index (χ4v) is 1.74. The Hall–Kier alpha value is -0.240. The van der Waals surface area contributed by atoms with Crippen molar-refractivity contribution in [1.29, 1.82) is 0 Å². The molecule has 0 aromatic heterocycles. The molecule has 0 aromatic carbocycles. The Balaban J connectivity index is 4.32. The average molecular weight is 282 g/mol. The van der Waals surface area contributed by atoms with Gasteiger partial charge in [-0.15, -0.1) is 0 Å². The first-order valence-corrected chi connectivity index (χ1v) is 6.49. The largest absolute Gasteiger partial charge is 0.396 e. The van der Waals surface area contributed by atoms with E-state index in [1.165, 1.54) is 6.92 Å². The summed E-state index contributed by atoms with van der Waals surface area (Å²) in [6.07, 6.45) is -4.65. The Morgan fingerprint density at radius 3 is 1.89 bits per heavy atom. The van der Waals surface area contributed by atoms with Crippen LogP contribution in [0, 0.1) is 11.8 Å². The lowest BCUT2D eigenvalue weighted by Gasteiger charge is -2.28. The van der Waals surface area contributed by atoms with E-state index >= 15 is 0 Å². The molecule has 6 heteroatoms. The third-order valence-electron chi connectivity index (χ3n) is 3.43. The molecule has 0 saturated heterocycles. The molecule has 8 unspecified atom stereocenters. The molecule has 6 N–H and O–H groups in total. The van der Waals surface area contributed by atoms with Crippen LogP contribution in [-0.2, 0) is 0 Å². The lowest BCUT2D eigenvalue weighted by Crippen LogP contribution is -2.36. The minimum absolute atomic E-state index is 0.0963. The van der Waals surface area contributed by atoms with Gasteiger partial charge in [0.05, 0.1) is 27.2 Å². The van der Waals surface area contributed by atoms with Gasteiger partial charge in [-0.1, -0.05) is 13.8 Å². The van der Waals surface area contributed by atoms with Gasteiger partial charge in [0.2, 0.25) is 0 Å². The van der Waals surface area contributed by atoms with Crippen molar-refractivity contribution in [2.75, 3.05) is 13.2 Å². The van der Waals surface area contributed by atoms with E-state index in [9.17, 15) is 20.4 Å². The quantitative estimate of drug-likeness (QED) is 0.301. The summed E-state index contributed by atoms with van der Waals surface area (Å²) in [6, 6.07) is 0. The van der Waals surface area contributed by atoms with Crippen molar-refractivity contribution in [3.8, 4) is 0 Å². The summed E-state index contributed by atoms with van der Waals surface area (Å²) in [5.41, 5.74) is 0. The molecular weight excluding hydrogens is 252 g/mol. The maximum absolute atomic E-state index is 9.95. The molecule has 116 valence electrons. The van der Waals surface area contributed by atoms with Crippen LogP contribution in [0.15, 0.2) is 0 Å². The van der Waals surface area contributed by atoms with Crippen molar-refractivity contribution in [2.24, 2.45) is 11.8 Å². The molecular formula is C13H28O6. The van der Waals surface area contributed by atoms with E-state index in [1.54, 1.807) is 6.92 Å². The molecule has 0 aliphatic heterocycles. The molecule has 0 radical (unpaired) electrons. The van der Waals surface area contributed by atoms with Gasteiger partial charge in [-0.3, -0.25) is 0 Å². The second-order valence-electron chi connectivity index (χ2n) is 5.11. The lowest BCUT2D eigenvalue weighted by molar-refractivity contribution is -0.0373. The predicted molar refractivity (Wildman–Crippen MR) is 70.4 cm³/mol. The second kappa shape index (κ2) is 9.63. The molecule has 6 nitrogen and oxygen atoms in total. The van der Waals surface area contributed by atoms with Gasteiger partial charge in [-0.2, -0.15) is 0 Å². The molecule has 0 rings (SSSR count). The monoisotopic (exact) mass is 282 g/mol. The number of aliphatic hydroxyl groups is 6. The Bertz CT molecular complexity index is 279. The van der Waals surface area contributed by atoms with E-state index in [1.807, 2.05) is 0 Å². The summed E-state index contributed by atoms with van der Waals surface area (Å²) in [5, 5.41) is 57.0. The van der Waals surface area contributed by atoms with Gasteiger partial charge in [0.1, 0.15) is 0 Å². The van der Waals surface area contributed by atoms with Crippen molar-refractivity contribution in [3.63, 3.8) is 0 Å². The Labute approximate surface area is 117 Å². The van der Waals surface area contributed by atoms with Crippen LogP contribution in [-0.4, -0.2) is 68.2 Å². The zero-order valence-electron chi connectivity index (χ0n) is 13.4. The van der Waals surface area contributed by atoms with Crippen LogP contribution in [0.4, 0.5) is 0 Å². The van der Waals surface area contributed by atoms with Crippen LogP contribution in [0.5, 0.6) is 0 Å². The fourth-order valence-electron chi connectivity index (χ4n) is 1.74. The summed E-state index contributed by atoms with van der Waals surface area (Å²) in [7, 11) is 0. The van der Waals surface area contributed by atoms with Crippen LogP contribution in [0.2, 0.25) is 0 Å². The molecule has 0 saturated carbocycles. The van der Waals surface area contributed by atoms with Crippen LogP contribution in [0.25, 0.3) is 0 Å². The molecule has 8 atom stereocenters. The van der Waals surface area contributed by atoms with Gasteiger partial charge in [0.15, 0.2) is 0 Å². The van der Waals surface area contributed by atoms with Crippen LogP contribution in [0.3, 0.4) is 0 Å². The van der Waals surface area contributed by atoms with Crippen molar-refractivity contribution < 1.29 is 33.4 Å². The minimum Gasteiger partial charge on any atom is -0.396 e. The van der Waals surface area contributed by atoms with Gasteiger partial charge in [0.25, 0.3) is 0 Å². The highest BCUT2D eigenvalue weighted by Gasteiger charge is 2.27. The summed E-state index contributed by atoms with van der Waals surface area (Å²) in [4.78, 5) is 0. The Morgan fingerprint density at radius 2 is 1.42 bits per heavy atom. The molecule has 0 spiro atoms. The zero-order chi connectivity index (χ0) is 16.7. The maximum Gasteiger partial charge on any atom is 0.0615 e. The second-order valence-corrected chi connectivity index (χ2v) is 5.11. The van der Waals surface area contributed by atoms with Crippen LogP contribution < -0.4 is 0 Å². The lowest BCUT2D eigenvalue weighted by atomic mass is 9.88. The maximum atomic E-state index is 9.95. The Kier molecular flexibility index (Phi) is 7.68. The highest BCUT2D eigenvalue weighted by atomic mass is 16.3. The molecule has 0 aliphatic rings. The Morgan fingerprint density at radius 1 is 0.895 bits per heavy atom. The van der Waals surface area contributed by atoms with E-state index in [0.29, 0.717) is 0 Å². The van der Waals surface area contributed by atoms with E-state index in [4.69, 9.17) is 13.0 Å². The highest BCUT2D eigenvalue weighted by molar-refractivity contribution is 4.78. The van der Waals surface area contributed by atoms with Crippen molar-refractivity contribution in [1.82, 2.24) is 0 Å². The summed E-state index contributed by atoms with van der Waals surface area (Å²) >= 11 is 0. The van der Waals surface area contributed by atoms with Crippen molar-refractivity contribution in [3.05, 3.63) is 0 Å². The van der Waals surface area contributed by atoms with Crippen LogP contribution in [0.1, 0.15) is 35.9 Å². The molecule has 0 aliphatic carbocycles. The molecule has 19 heavy (non-hydrogen) atoms. The van der Waals surface area contributed by atoms with Gasteiger partial charge < -0.3 is 30.6 Å². The third-order valence-corrected chi connectivity index (χ3v) is 3.43. The van der Waals surface area contributed by atoms with Crippen molar-refractivity contribution >= 4 is 0 Å². The van der Waals surface area contributed by atoms with E-state index in [0.717, 1.165) is 0 Å². The van der Waals surface area contributed by atoms with Gasteiger partial charge in [-0.25, -0.2) is 0 Å². The summed E-state index contributed by atoms with van der Waals surface area (Å²) in [6.45, 7) is 0.157. The first-order chi connectivity index (χ1) is 9.56. The predicted octanol–water partition coefficient (Wildman–Crippen LogP) is -1.14. The molecule has 0 bridgehead atoms. The highest BCUT2D eigenvalue weighted by Crippen LogP contribution is 2.20. The summed E-state index contributed by atoms with van der Waals surface area (Å²) < 4.78 is 14.0. The zero-order valence-corrected chi connectivity index (χ0v) is 11.4. The van der Waals surface area contributed by atoms with Gasteiger partial charge >= 0.3 is 0 Å². The topological polar surface area (TPSA) is 121 Å². The van der Waals surface area contributed by atoms with E-state index < -0.39 is 49.4 Å². The molecule has 0 aromatic rings. The number of hydrogen-bond donors (Lipinski definition) is 6. The number of aliphatic hydroxyl groups excluding tert-OH is 6. The van der Waals surface area contributed by atoms with E-state index in [2.05, 4.69) is 0 Å². The SMILES string of the molecule is [2H]C(O)CC(O)CC(O)C(C)C(O)CC(O)C(C)C([2H])O. The smallest absolute Gasteiger partial charge is 0.0615 e. The first-order valence-electron chi connectivity index (χ1n) is 7.64. The minimum atomic E-state index is -1.45. The van der Waals surface area contributed by atoms with Crippen LogP contribution >= 0.6 is 0 Å². The molecule has 0 fully saturated rings. The molecule has 0 amide bonds. The summed E-state index contributed by atoms with van der Waals surface area (Å²) in [5.74, 6) is -1.37. The standard InChI is InChI=1S/C13H28O6/c1-8(7-15)11(17)6-13(19)9(2)12(18)5-10(16)3-4-14/h8-19H,3-7H2,1-2H3/i4D,7D. The normalized spacial score (nSPS) is 26.3. The number of rotatable bonds is 10. The van der Waals surface area contributed by atoms with E-state index in [-0.39, 0.29) is 19.3 Å². The van der Waals surface area contributed by atoms with Crippen molar-refractivity contribution in [2.45, 2.75) is 57.5 Å². The molecule has 0 heterocycles. The number of hydrogen-bond acceptors (Lipinski definition) is 6. The van der Waals surface area contributed by atoms with Gasteiger partial charge in [0, 0.05) is 25.0 Å².